The summed E-state index contributed by atoms with van der Waals surface area (Å²) in [7, 11) is 4.65. The lowest BCUT2D eigenvalue weighted by atomic mass is 10.1. The summed E-state index contributed by atoms with van der Waals surface area (Å²) in [6.07, 6.45) is 5.00. The Kier molecular flexibility index (Phi) is 7.00. The van der Waals surface area contributed by atoms with Crippen molar-refractivity contribution in [3.8, 4) is 17.2 Å². The van der Waals surface area contributed by atoms with Crippen LogP contribution in [0.4, 0.5) is 5.69 Å². The number of rotatable bonds is 9. The maximum atomic E-state index is 11.2. The van der Waals surface area contributed by atoms with Crippen molar-refractivity contribution in [3.05, 3.63) is 53.6 Å². The van der Waals surface area contributed by atoms with Gasteiger partial charge in [-0.3, -0.25) is 0 Å². The molecule has 0 spiro atoms. The van der Waals surface area contributed by atoms with Gasteiger partial charge in [-0.15, -0.1) is 0 Å². The second-order valence-corrected chi connectivity index (χ2v) is 6.70. The normalized spacial score (nSPS) is 12.7. The molecule has 6 heteroatoms. The molecule has 1 heterocycles. The first-order chi connectivity index (χ1) is 14.1. The van der Waals surface area contributed by atoms with Crippen LogP contribution >= 0.6 is 0 Å². The number of fused-ring (bicyclic) bond motifs is 1. The lowest BCUT2D eigenvalue weighted by Gasteiger charge is -2.20. The molecule has 2 aromatic carbocycles. The zero-order valence-corrected chi connectivity index (χ0v) is 17.1. The van der Waals surface area contributed by atoms with Crippen molar-refractivity contribution >= 4 is 17.7 Å². The largest absolute Gasteiger partial charge is 0.497 e. The second kappa shape index (κ2) is 9.87. The summed E-state index contributed by atoms with van der Waals surface area (Å²) in [4.78, 5) is 13.6. The molecule has 0 atom stereocenters. The van der Waals surface area contributed by atoms with Gasteiger partial charge < -0.3 is 23.8 Å². The zero-order chi connectivity index (χ0) is 20.6. The molecule has 0 radical (unpaired) electrons. The molecular weight excluding hydrogens is 370 g/mol. The van der Waals surface area contributed by atoms with Gasteiger partial charge in [0.05, 0.1) is 27.9 Å². The fraction of sp³-hybridized carbons (Fsp3) is 0.348. The van der Waals surface area contributed by atoms with Gasteiger partial charge in [0.25, 0.3) is 0 Å². The summed E-state index contributed by atoms with van der Waals surface area (Å²) in [5.74, 6) is 1.84. The number of carbonyl (C=O) groups is 1. The van der Waals surface area contributed by atoms with Crippen LogP contribution in [-0.4, -0.2) is 47.0 Å². The van der Waals surface area contributed by atoms with Crippen LogP contribution in [0.1, 0.15) is 17.5 Å². The third kappa shape index (κ3) is 5.22. The molecule has 0 fully saturated rings. The van der Waals surface area contributed by atoms with Crippen molar-refractivity contribution in [2.45, 2.75) is 12.8 Å². The van der Waals surface area contributed by atoms with E-state index in [0.29, 0.717) is 18.1 Å². The predicted octanol–water partition coefficient (Wildman–Crippen LogP) is 3.72. The van der Waals surface area contributed by atoms with Crippen molar-refractivity contribution in [2.24, 2.45) is 0 Å². The molecule has 154 valence electrons. The van der Waals surface area contributed by atoms with Gasteiger partial charge in [0.15, 0.2) is 11.5 Å². The molecule has 1 aliphatic heterocycles. The number of carbonyl (C=O) groups excluding carboxylic acids is 1. The van der Waals surface area contributed by atoms with E-state index in [9.17, 15) is 4.79 Å². The molecule has 0 aromatic heterocycles. The molecule has 0 N–H and O–H groups in total. The lowest BCUT2D eigenvalue weighted by Crippen LogP contribution is -2.23. The minimum Gasteiger partial charge on any atom is -0.497 e. The van der Waals surface area contributed by atoms with Gasteiger partial charge in [-0.05, 0) is 60.4 Å². The van der Waals surface area contributed by atoms with E-state index in [1.54, 1.807) is 20.3 Å². The summed E-state index contributed by atoms with van der Waals surface area (Å²) in [5.41, 5.74) is 3.45. The van der Waals surface area contributed by atoms with Crippen molar-refractivity contribution < 1.29 is 23.7 Å². The van der Waals surface area contributed by atoms with Gasteiger partial charge in [0.2, 0.25) is 0 Å². The highest BCUT2D eigenvalue weighted by atomic mass is 16.5. The molecule has 3 rings (SSSR count). The molecular formula is C23H27NO5. The molecule has 0 aliphatic carbocycles. The van der Waals surface area contributed by atoms with Crippen molar-refractivity contribution in [2.75, 3.05) is 45.9 Å². The van der Waals surface area contributed by atoms with E-state index in [1.165, 1.54) is 24.4 Å². The van der Waals surface area contributed by atoms with Crippen molar-refractivity contribution in [1.82, 2.24) is 0 Å². The highest BCUT2D eigenvalue weighted by molar-refractivity contribution is 5.87. The number of nitrogens with zero attached hydrogens (tertiary/aromatic N) is 1. The molecule has 6 nitrogen and oxygen atoms in total. The van der Waals surface area contributed by atoms with Crippen LogP contribution in [0, 0.1) is 0 Å². The Morgan fingerprint density at radius 1 is 1.07 bits per heavy atom. The maximum Gasteiger partial charge on any atom is 0.330 e. The number of ether oxygens (including phenoxy) is 4. The van der Waals surface area contributed by atoms with Crippen LogP contribution in [0.15, 0.2) is 42.5 Å². The molecule has 29 heavy (non-hydrogen) atoms. The predicted molar refractivity (Wildman–Crippen MR) is 113 cm³/mol. The van der Waals surface area contributed by atoms with Crippen molar-refractivity contribution in [1.29, 1.82) is 0 Å². The molecule has 1 aliphatic rings. The standard InChI is InChI=1S/C23H27NO5/c1-26-19-7-8-20-18(16-19)11-13-24(20)12-4-14-29-21-9-5-17(15-22(21)27-2)6-10-23(25)28-3/h5-10,15-16H,4,11-14H2,1-3H3/b10-6+. The minimum atomic E-state index is -0.397. The Balaban J connectivity index is 1.52. The van der Waals surface area contributed by atoms with E-state index < -0.39 is 5.97 Å². The number of benzene rings is 2. The third-order valence-electron chi connectivity index (χ3n) is 4.91. The third-order valence-corrected chi connectivity index (χ3v) is 4.91. The Labute approximate surface area is 171 Å². The summed E-state index contributed by atoms with van der Waals surface area (Å²) >= 11 is 0. The highest BCUT2D eigenvalue weighted by Crippen LogP contribution is 2.32. The van der Waals surface area contributed by atoms with E-state index in [4.69, 9.17) is 14.2 Å². The Bertz CT molecular complexity index is 878. The van der Waals surface area contributed by atoms with Crippen LogP contribution < -0.4 is 19.1 Å². The quantitative estimate of drug-likeness (QED) is 0.365. The van der Waals surface area contributed by atoms with Gasteiger partial charge in [-0.25, -0.2) is 4.79 Å². The van der Waals surface area contributed by atoms with E-state index in [-0.39, 0.29) is 0 Å². The monoisotopic (exact) mass is 397 g/mol. The van der Waals surface area contributed by atoms with Crippen LogP contribution in [0.3, 0.4) is 0 Å². The maximum absolute atomic E-state index is 11.2. The van der Waals surface area contributed by atoms with Gasteiger partial charge in [0, 0.05) is 24.9 Å². The first-order valence-corrected chi connectivity index (χ1v) is 9.63. The van der Waals surface area contributed by atoms with Crippen LogP contribution in [-0.2, 0) is 16.0 Å². The number of hydrogen-bond donors (Lipinski definition) is 0. The van der Waals surface area contributed by atoms with Crippen LogP contribution in [0.25, 0.3) is 6.08 Å². The number of hydrogen-bond acceptors (Lipinski definition) is 6. The zero-order valence-electron chi connectivity index (χ0n) is 17.1. The summed E-state index contributed by atoms with van der Waals surface area (Å²) < 4.78 is 21.3. The number of methoxy groups -OCH3 is 3. The fourth-order valence-corrected chi connectivity index (χ4v) is 3.38. The molecule has 2 aromatic rings. The van der Waals surface area contributed by atoms with E-state index >= 15 is 0 Å². The van der Waals surface area contributed by atoms with Crippen molar-refractivity contribution in [3.63, 3.8) is 0 Å². The average Bonchev–Trinajstić information content (AvgIpc) is 3.17. The van der Waals surface area contributed by atoms with Crippen LogP contribution in [0.5, 0.6) is 17.2 Å². The fourth-order valence-electron chi connectivity index (χ4n) is 3.38. The number of anilines is 1. The first-order valence-electron chi connectivity index (χ1n) is 9.63. The van der Waals surface area contributed by atoms with Gasteiger partial charge in [0.1, 0.15) is 5.75 Å². The first kappa shape index (κ1) is 20.6. The summed E-state index contributed by atoms with van der Waals surface area (Å²) in [6, 6.07) is 11.8. The number of esters is 1. The topological polar surface area (TPSA) is 57.2 Å². The van der Waals surface area contributed by atoms with E-state index in [1.807, 2.05) is 24.3 Å². The summed E-state index contributed by atoms with van der Waals surface area (Å²) in [5, 5.41) is 0. The molecule has 0 saturated heterocycles. The van der Waals surface area contributed by atoms with Gasteiger partial charge in [-0.1, -0.05) is 6.07 Å². The Hall–Kier alpha value is -3.15. The van der Waals surface area contributed by atoms with Crippen LogP contribution in [0.2, 0.25) is 0 Å². The minimum absolute atomic E-state index is 0.397. The van der Waals surface area contributed by atoms with E-state index in [0.717, 1.165) is 37.2 Å². The molecule has 0 bridgehead atoms. The second-order valence-electron chi connectivity index (χ2n) is 6.70. The SMILES string of the molecule is COC(=O)/C=C/c1ccc(OCCCN2CCc3cc(OC)ccc32)c(OC)c1. The summed E-state index contributed by atoms with van der Waals surface area (Å²) in [6.45, 7) is 2.55. The molecule has 0 amide bonds. The Morgan fingerprint density at radius 3 is 2.69 bits per heavy atom. The molecule has 0 saturated carbocycles. The lowest BCUT2D eigenvalue weighted by molar-refractivity contribution is -0.134. The van der Waals surface area contributed by atoms with E-state index in [2.05, 4.69) is 21.8 Å². The molecule has 0 unspecified atom stereocenters. The van der Waals surface area contributed by atoms with Gasteiger partial charge in [-0.2, -0.15) is 0 Å². The highest BCUT2D eigenvalue weighted by Gasteiger charge is 2.19. The Morgan fingerprint density at radius 2 is 1.93 bits per heavy atom. The average molecular weight is 397 g/mol. The smallest absolute Gasteiger partial charge is 0.330 e. The van der Waals surface area contributed by atoms with Gasteiger partial charge >= 0.3 is 5.97 Å².